The van der Waals surface area contributed by atoms with E-state index in [-0.39, 0.29) is 12.0 Å². The van der Waals surface area contributed by atoms with Crippen LogP contribution in [0.2, 0.25) is 0 Å². The predicted molar refractivity (Wildman–Crippen MR) is 92.2 cm³/mol. The molecule has 0 bridgehead atoms. The third-order valence-electron chi connectivity index (χ3n) is 3.53. The summed E-state index contributed by atoms with van der Waals surface area (Å²) >= 11 is 0. The Labute approximate surface area is 138 Å². The maximum atomic E-state index is 11.9. The number of carbonyl (C=O) groups excluding carboxylic acids is 2. The lowest BCUT2D eigenvalue weighted by Crippen LogP contribution is -2.44. The number of rotatable bonds is 5. The number of hydrogen-bond donors (Lipinski definition) is 3. The Morgan fingerprint density at radius 3 is 2.09 bits per heavy atom. The summed E-state index contributed by atoms with van der Waals surface area (Å²) in [5.74, 6) is -1.14. The lowest BCUT2D eigenvalue weighted by atomic mass is 9.87. The number of aliphatic hydroxyl groups is 1. The Morgan fingerprint density at radius 1 is 1.09 bits per heavy atom. The Kier molecular flexibility index (Phi) is 6.76. The average Bonchev–Trinajstić information content (AvgIpc) is 2.45. The van der Waals surface area contributed by atoms with E-state index in [4.69, 9.17) is 0 Å². The van der Waals surface area contributed by atoms with Crippen LogP contribution < -0.4 is 10.6 Å². The lowest BCUT2D eigenvalue weighted by molar-refractivity contribution is -0.136. The molecule has 0 heterocycles. The van der Waals surface area contributed by atoms with Crippen LogP contribution in [0.15, 0.2) is 24.3 Å². The van der Waals surface area contributed by atoms with E-state index in [0.717, 1.165) is 5.56 Å². The first-order chi connectivity index (χ1) is 10.6. The van der Waals surface area contributed by atoms with Crippen LogP contribution in [-0.4, -0.2) is 29.6 Å². The van der Waals surface area contributed by atoms with Gasteiger partial charge >= 0.3 is 11.8 Å². The van der Waals surface area contributed by atoms with Gasteiger partial charge in [0.05, 0.1) is 12.6 Å². The molecule has 0 aliphatic carbocycles. The highest BCUT2D eigenvalue weighted by Gasteiger charge is 2.19. The molecule has 128 valence electrons. The van der Waals surface area contributed by atoms with Crippen molar-refractivity contribution in [1.82, 2.24) is 5.32 Å². The fourth-order valence-electron chi connectivity index (χ4n) is 2.24. The summed E-state index contributed by atoms with van der Waals surface area (Å²) in [7, 11) is 0. The second kappa shape index (κ2) is 8.11. The molecule has 1 atom stereocenters. The van der Waals surface area contributed by atoms with Gasteiger partial charge in [-0.3, -0.25) is 9.59 Å². The summed E-state index contributed by atoms with van der Waals surface area (Å²) in [5, 5.41) is 14.4. The standard InChI is InChI=1S/C18H28N2O3/c1-12(2)10-15(11-21)20-17(23)16(22)19-14-8-6-13(7-9-14)18(3,4)5/h6-9,12,15,21H,10-11H2,1-5H3,(H,19,22)(H,20,23). The molecule has 5 nitrogen and oxygen atoms in total. The van der Waals surface area contributed by atoms with Gasteiger partial charge in [0.2, 0.25) is 0 Å². The second-order valence-electron chi connectivity index (χ2n) is 7.26. The Balaban J connectivity index is 2.63. The molecule has 0 saturated heterocycles. The molecule has 0 saturated carbocycles. The molecule has 1 aromatic carbocycles. The van der Waals surface area contributed by atoms with Crippen LogP contribution in [0.5, 0.6) is 0 Å². The van der Waals surface area contributed by atoms with E-state index in [2.05, 4.69) is 31.4 Å². The molecule has 0 aliphatic rings. The van der Waals surface area contributed by atoms with Gasteiger partial charge < -0.3 is 15.7 Å². The van der Waals surface area contributed by atoms with Crippen LogP contribution in [0.25, 0.3) is 0 Å². The van der Waals surface area contributed by atoms with Gasteiger partial charge in [-0.1, -0.05) is 46.8 Å². The Bertz CT molecular complexity index is 530. The highest BCUT2D eigenvalue weighted by Crippen LogP contribution is 2.23. The van der Waals surface area contributed by atoms with Gasteiger partial charge in [-0.05, 0) is 35.4 Å². The van der Waals surface area contributed by atoms with E-state index in [1.54, 1.807) is 12.1 Å². The molecule has 0 aromatic heterocycles. The van der Waals surface area contributed by atoms with E-state index in [0.29, 0.717) is 18.0 Å². The number of amides is 2. The van der Waals surface area contributed by atoms with Crippen molar-refractivity contribution in [2.75, 3.05) is 11.9 Å². The SMILES string of the molecule is CC(C)CC(CO)NC(=O)C(=O)Nc1ccc(C(C)(C)C)cc1. The quantitative estimate of drug-likeness (QED) is 0.729. The molecule has 0 radical (unpaired) electrons. The molecule has 0 aliphatic heterocycles. The van der Waals surface area contributed by atoms with Crippen LogP contribution >= 0.6 is 0 Å². The van der Waals surface area contributed by atoms with Crippen molar-refractivity contribution in [2.45, 2.75) is 52.5 Å². The van der Waals surface area contributed by atoms with E-state index in [9.17, 15) is 14.7 Å². The zero-order valence-electron chi connectivity index (χ0n) is 14.6. The summed E-state index contributed by atoms with van der Waals surface area (Å²) in [5.41, 5.74) is 1.75. The van der Waals surface area contributed by atoms with Gasteiger partial charge in [-0.15, -0.1) is 0 Å². The number of carbonyl (C=O) groups is 2. The first-order valence-corrected chi connectivity index (χ1v) is 7.96. The zero-order valence-corrected chi connectivity index (χ0v) is 14.6. The van der Waals surface area contributed by atoms with Crippen LogP contribution in [-0.2, 0) is 15.0 Å². The highest BCUT2D eigenvalue weighted by atomic mass is 16.3. The van der Waals surface area contributed by atoms with Gasteiger partial charge in [-0.25, -0.2) is 0 Å². The maximum Gasteiger partial charge on any atom is 0.313 e. The molecular weight excluding hydrogens is 292 g/mol. The molecule has 3 N–H and O–H groups in total. The molecule has 0 fully saturated rings. The van der Waals surface area contributed by atoms with Crippen LogP contribution in [0, 0.1) is 5.92 Å². The molecule has 0 spiro atoms. The number of anilines is 1. The number of nitrogens with one attached hydrogen (secondary N) is 2. The van der Waals surface area contributed by atoms with Crippen molar-refractivity contribution in [3.8, 4) is 0 Å². The van der Waals surface area contributed by atoms with E-state index in [1.165, 1.54) is 0 Å². The summed E-state index contributed by atoms with van der Waals surface area (Å²) in [4.78, 5) is 23.8. The fourth-order valence-corrected chi connectivity index (χ4v) is 2.24. The molecular formula is C18H28N2O3. The minimum atomic E-state index is -0.732. The van der Waals surface area contributed by atoms with Crippen molar-refractivity contribution in [3.05, 3.63) is 29.8 Å². The first-order valence-electron chi connectivity index (χ1n) is 7.96. The minimum Gasteiger partial charge on any atom is -0.394 e. The van der Waals surface area contributed by atoms with Gasteiger partial charge in [0.15, 0.2) is 0 Å². The lowest BCUT2D eigenvalue weighted by Gasteiger charge is -2.19. The molecule has 1 unspecified atom stereocenters. The monoisotopic (exact) mass is 320 g/mol. The van der Waals surface area contributed by atoms with Crippen molar-refractivity contribution in [3.63, 3.8) is 0 Å². The normalized spacial score (nSPS) is 12.8. The molecule has 2 amide bonds. The Hall–Kier alpha value is -1.88. The molecule has 1 rings (SSSR count). The minimum absolute atomic E-state index is 0.0328. The second-order valence-corrected chi connectivity index (χ2v) is 7.26. The molecule has 1 aromatic rings. The molecule has 5 heteroatoms. The number of aliphatic hydroxyl groups excluding tert-OH is 1. The van der Waals surface area contributed by atoms with Crippen LogP contribution in [0.4, 0.5) is 5.69 Å². The van der Waals surface area contributed by atoms with E-state index >= 15 is 0 Å². The van der Waals surface area contributed by atoms with Gasteiger partial charge in [0, 0.05) is 5.69 Å². The summed E-state index contributed by atoms with van der Waals surface area (Å²) in [6.45, 7) is 10.1. The van der Waals surface area contributed by atoms with E-state index < -0.39 is 17.9 Å². The molecule has 23 heavy (non-hydrogen) atoms. The third kappa shape index (κ3) is 6.40. The summed E-state index contributed by atoms with van der Waals surface area (Å²) < 4.78 is 0. The van der Waals surface area contributed by atoms with E-state index in [1.807, 2.05) is 26.0 Å². The smallest absolute Gasteiger partial charge is 0.313 e. The van der Waals surface area contributed by atoms with Gasteiger partial charge in [0.25, 0.3) is 0 Å². The third-order valence-corrected chi connectivity index (χ3v) is 3.53. The largest absolute Gasteiger partial charge is 0.394 e. The van der Waals surface area contributed by atoms with Crippen LogP contribution in [0.3, 0.4) is 0 Å². The Morgan fingerprint density at radius 2 is 1.65 bits per heavy atom. The van der Waals surface area contributed by atoms with Crippen LogP contribution in [0.1, 0.15) is 46.6 Å². The average molecular weight is 320 g/mol. The van der Waals surface area contributed by atoms with Gasteiger partial charge in [0.1, 0.15) is 0 Å². The fraction of sp³-hybridized carbons (Fsp3) is 0.556. The topological polar surface area (TPSA) is 78.4 Å². The maximum absolute atomic E-state index is 11.9. The van der Waals surface area contributed by atoms with Crippen molar-refractivity contribution < 1.29 is 14.7 Å². The first kappa shape index (κ1) is 19.2. The summed E-state index contributed by atoms with van der Waals surface area (Å²) in [6.07, 6.45) is 0.621. The van der Waals surface area contributed by atoms with Crippen molar-refractivity contribution >= 4 is 17.5 Å². The van der Waals surface area contributed by atoms with Gasteiger partial charge in [-0.2, -0.15) is 0 Å². The number of hydrogen-bond acceptors (Lipinski definition) is 3. The van der Waals surface area contributed by atoms with Crippen molar-refractivity contribution in [1.29, 1.82) is 0 Å². The predicted octanol–water partition coefficient (Wildman–Crippen LogP) is 2.45. The number of benzene rings is 1. The summed E-state index contributed by atoms with van der Waals surface area (Å²) in [6, 6.07) is 7.02. The van der Waals surface area contributed by atoms with Crippen molar-refractivity contribution in [2.24, 2.45) is 5.92 Å². The zero-order chi connectivity index (χ0) is 17.6. The highest BCUT2D eigenvalue weighted by molar-refractivity contribution is 6.39.